The first kappa shape index (κ1) is 21.8. The zero-order valence-electron chi connectivity index (χ0n) is 17.5. The van der Waals surface area contributed by atoms with Crippen LogP contribution in [0.5, 0.6) is 17.2 Å². The normalized spacial score (nSPS) is 13.4. The average Bonchev–Trinajstić information content (AvgIpc) is 2.74. The van der Waals surface area contributed by atoms with Crippen molar-refractivity contribution in [1.29, 1.82) is 0 Å². The molecule has 1 amide bonds. The molecule has 0 aromatic heterocycles. The van der Waals surface area contributed by atoms with E-state index in [-0.39, 0.29) is 12.5 Å². The molecule has 1 aliphatic rings. The third kappa shape index (κ3) is 4.46. The van der Waals surface area contributed by atoms with Crippen LogP contribution in [0.1, 0.15) is 27.9 Å². The summed E-state index contributed by atoms with van der Waals surface area (Å²) in [5, 5.41) is 2.88. The number of benzene rings is 2. The van der Waals surface area contributed by atoms with Gasteiger partial charge in [0.2, 0.25) is 15.8 Å². The number of aryl methyl sites for hydroxylation is 1. The first-order valence-corrected chi connectivity index (χ1v) is 11.3. The van der Waals surface area contributed by atoms with E-state index in [1.807, 2.05) is 0 Å². The summed E-state index contributed by atoms with van der Waals surface area (Å²) in [6, 6.07) is 8.66. The Morgan fingerprint density at radius 3 is 2.30 bits per heavy atom. The summed E-state index contributed by atoms with van der Waals surface area (Å²) in [5.74, 6) is 1.26. The lowest BCUT2D eigenvalue weighted by molar-refractivity contribution is 0.0950. The molecular weight excluding hydrogens is 408 g/mol. The Morgan fingerprint density at radius 1 is 1.07 bits per heavy atom. The molecule has 0 unspecified atom stereocenters. The molecule has 0 spiro atoms. The molecule has 1 N–H and O–H groups in total. The monoisotopic (exact) mass is 434 g/mol. The number of ether oxygens (including phenoxy) is 3. The largest absolute Gasteiger partial charge is 0.493 e. The molecule has 0 saturated heterocycles. The molecule has 1 heterocycles. The second-order valence-corrected chi connectivity index (χ2v) is 8.91. The van der Waals surface area contributed by atoms with E-state index in [0.717, 1.165) is 24.0 Å². The van der Waals surface area contributed by atoms with Crippen molar-refractivity contribution in [3.05, 3.63) is 47.0 Å². The quantitative estimate of drug-likeness (QED) is 0.719. The van der Waals surface area contributed by atoms with E-state index in [1.165, 1.54) is 31.9 Å². The summed E-state index contributed by atoms with van der Waals surface area (Å²) in [4.78, 5) is 12.7. The molecule has 162 valence electrons. The fourth-order valence-electron chi connectivity index (χ4n) is 3.57. The van der Waals surface area contributed by atoms with E-state index in [4.69, 9.17) is 14.2 Å². The average molecular weight is 435 g/mol. The number of rotatable bonds is 7. The number of nitrogens with zero attached hydrogens (tertiary/aromatic N) is 1. The highest BCUT2D eigenvalue weighted by Gasteiger charge is 2.24. The van der Waals surface area contributed by atoms with Crippen molar-refractivity contribution in [2.75, 3.05) is 38.4 Å². The van der Waals surface area contributed by atoms with E-state index < -0.39 is 10.0 Å². The number of anilines is 1. The molecule has 9 heteroatoms. The van der Waals surface area contributed by atoms with Gasteiger partial charge < -0.3 is 19.5 Å². The van der Waals surface area contributed by atoms with Crippen molar-refractivity contribution < 1.29 is 27.4 Å². The first-order chi connectivity index (χ1) is 14.3. The fourth-order valence-corrected chi connectivity index (χ4v) is 4.57. The van der Waals surface area contributed by atoms with Crippen molar-refractivity contribution in [2.24, 2.45) is 0 Å². The van der Waals surface area contributed by atoms with Gasteiger partial charge in [0.25, 0.3) is 5.91 Å². The smallest absolute Gasteiger partial charge is 0.251 e. The molecule has 0 radical (unpaired) electrons. The van der Waals surface area contributed by atoms with Crippen LogP contribution in [0, 0.1) is 0 Å². The fraction of sp³-hybridized carbons (Fsp3) is 0.381. The third-order valence-corrected chi connectivity index (χ3v) is 6.18. The third-order valence-electron chi connectivity index (χ3n) is 5.00. The lowest BCUT2D eigenvalue weighted by atomic mass is 10.0. The number of sulfonamides is 1. The summed E-state index contributed by atoms with van der Waals surface area (Å²) in [7, 11) is 1.26. The van der Waals surface area contributed by atoms with Gasteiger partial charge in [0.15, 0.2) is 11.5 Å². The maximum absolute atomic E-state index is 12.7. The second kappa shape index (κ2) is 8.83. The van der Waals surface area contributed by atoms with Gasteiger partial charge in [-0.15, -0.1) is 0 Å². The van der Waals surface area contributed by atoms with Crippen LogP contribution >= 0.6 is 0 Å². The lowest BCUT2D eigenvalue weighted by Gasteiger charge is -2.29. The van der Waals surface area contributed by atoms with Crippen molar-refractivity contribution in [3.63, 3.8) is 0 Å². The number of hydrogen-bond donors (Lipinski definition) is 1. The van der Waals surface area contributed by atoms with Crippen LogP contribution in [0.3, 0.4) is 0 Å². The Balaban J connectivity index is 1.78. The molecule has 0 saturated carbocycles. The topological polar surface area (TPSA) is 94.2 Å². The van der Waals surface area contributed by atoms with Gasteiger partial charge in [-0.05, 0) is 54.3 Å². The van der Waals surface area contributed by atoms with Crippen LogP contribution in [-0.2, 0) is 23.0 Å². The minimum Gasteiger partial charge on any atom is -0.493 e. The number of nitrogens with one attached hydrogen (secondary N) is 1. The molecular formula is C21H26N2O6S. The highest BCUT2D eigenvalue weighted by atomic mass is 32.2. The zero-order valence-corrected chi connectivity index (χ0v) is 18.3. The summed E-state index contributed by atoms with van der Waals surface area (Å²) < 4.78 is 41.4. The van der Waals surface area contributed by atoms with E-state index in [0.29, 0.717) is 35.0 Å². The van der Waals surface area contributed by atoms with E-state index in [9.17, 15) is 13.2 Å². The summed E-state index contributed by atoms with van der Waals surface area (Å²) in [6.07, 6.45) is 2.64. The van der Waals surface area contributed by atoms with E-state index in [1.54, 1.807) is 30.3 Å². The molecule has 0 fully saturated rings. The number of amides is 1. The second-order valence-electron chi connectivity index (χ2n) is 7.00. The SMILES string of the molecule is COc1cc(CNC(=O)c2ccc3c(c2)CCCN3S(C)(=O)=O)cc(OC)c1OC. The van der Waals surface area contributed by atoms with Crippen LogP contribution in [0.15, 0.2) is 30.3 Å². The highest BCUT2D eigenvalue weighted by molar-refractivity contribution is 7.92. The Hall–Kier alpha value is -2.94. The lowest BCUT2D eigenvalue weighted by Crippen LogP contribution is -2.34. The number of carbonyl (C=O) groups excluding carboxylic acids is 1. The molecule has 2 aromatic rings. The molecule has 8 nitrogen and oxygen atoms in total. The molecule has 3 rings (SSSR count). The van der Waals surface area contributed by atoms with E-state index >= 15 is 0 Å². The highest BCUT2D eigenvalue weighted by Crippen LogP contribution is 2.38. The summed E-state index contributed by atoms with van der Waals surface area (Å²) in [6.45, 7) is 0.723. The van der Waals surface area contributed by atoms with Gasteiger partial charge in [0.1, 0.15) is 0 Å². The first-order valence-electron chi connectivity index (χ1n) is 9.46. The summed E-state index contributed by atoms with van der Waals surface area (Å²) in [5.41, 5.74) is 2.77. The molecule has 0 atom stereocenters. The predicted octanol–water partition coefficient (Wildman–Crippen LogP) is 2.35. The molecule has 30 heavy (non-hydrogen) atoms. The maximum atomic E-state index is 12.7. The molecule has 2 aromatic carbocycles. The minimum atomic E-state index is -3.34. The number of methoxy groups -OCH3 is 3. The molecule has 0 bridgehead atoms. The Kier molecular flexibility index (Phi) is 6.40. The van der Waals surface area contributed by atoms with Gasteiger partial charge in [-0.3, -0.25) is 9.10 Å². The minimum absolute atomic E-state index is 0.247. The van der Waals surface area contributed by atoms with Crippen molar-refractivity contribution in [2.45, 2.75) is 19.4 Å². The van der Waals surface area contributed by atoms with Crippen LogP contribution in [0.4, 0.5) is 5.69 Å². The van der Waals surface area contributed by atoms with Gasteiger partial charge >= 0.3 is 0 Å². The summed E-state index contributed by atoms with van der Waals surface area (Å²) >= 11 is 0. The van der Waals surface area contributed by atoms with Crippen LogP contribution < -0.4 is 23.8 Å². The van der Waals surface area contributed by atoms with Crippen molar-refractivity contribution >= 4 is 21.6 Å². The van der Waals surface area contributed by atoms with Crippen LogP contribution in [-0.4, -0.2) is 48.5 Å². The van der Waals surface area contributed by atoms with Crippen LogP contribution in [0.2, 0.25) is 0 Å². The van der Waals surface area contributed by atoms with Gasteiger partial charge in [-0.2, -0.15) is 0 Å². The Morgan fingerprint density at radius 2 is 1.73 bits per heavy atom. The van der Waals surface area contributed by atoms with E-state index in [2.05, 4.69) is 5.32 Å². The van der Waals surface area contributed by atoms with Gasteiger partial charge in [0.05, 0.1) is 33.3 Å². The van der Waals surface area contributed by atoms with Gasteiger partial charge in [-0.1, -0.05) is 0 Å². The number of fused-ring (bicyclic) bond motifs is 1. The zero-order chi connectivity index (χ0) is 21.9. The van der Waals surface area contributed by atoms with Gasteiger partial charge in [-0.25, -0.2) is 8.42 Å². The number of hydrogen-bond acceptors (Lipinski definition) is 6. The Bertz CT molecular complexity index is 1030. The van der Waals surface area contributed by atoms with Crippen LogP contribution in [0.25, 0.3) is 0 Å². The maximum Gasteiger partial charge on any atom is 0.251 e. The van der Waals surface area contributed by atoms with Gasteiger partial charge in [0, 0.05) is 18.7 Å². The van der Waals surface area contributed by atoms with Crippen molar-refractivity contribution in [3.8, 4) is 17.2 Å². The standard InChI is InChI=1S/C21H26N2O6S/c1-27-18-10-14(11-19(28-2)20(18)29-3)13-22-21(24)16-7-8-17-15(12-16)6-5-9-23(17)30(4,25)26/h7-8,10-12H,5-6,9,13H2,1-4H3,(H,22,24). The Labute approximate surface area is 176 Å². The van der Waals surface area contributed by atoms with Crippen molar-refractivity contribution in [1.82, 2.24) is 5.32 Å². The predicted molar refractivity (Wildman–Crippen MR) is 114 cm³/mol. The molecule has 0 aliphatic carbocycles. The molecule has 1 aliphatic heterocycles. The number of carbonyl (C=O) groups is 1.